The monoisotopic (exact) mass is 288 g/mol. The zero-order valence-electron chi connectivity index (χ0n) is 11.4. The van der Waals surface area contributed by atoms with Crippen molar-refractivity contribution >= 4 is 11.6 Å². The highest BCUT2D eigenvalue weighted by Crippen LogP contribution is 2.18. The lowest BCUT2D eigenvalue weighted by molar-refractivity contribution is -0.117. The Morgan fingerprint density at radius 2 is 2.38 bits per heavy atom. The van der Waals surface area contributed by atoms with Crippen molar-refractivity contribution in [1.82, 2.24) is 25.5 Å². The molecule has 1 amide bonds. The Hall–Kier alpha value is -2.32. The number of nitrogens with one attached hydrogen (secondary N) is 2. The summed E-state index contributed by atoms with van der Waals surface area (Å²) in [6.07, 6.45) is 1.85. The number of carbonyl (C=O) groups is 1. The van der Waals surface area contributed by atoms with Gasteiger partial charge in [0.1, 0.15) is 6.33 Å². The van der Waals surface area contributed by atoms with Crippen LogP contribution in [0.2, 0.25) is 0 Å². The number of tetrazole rings is 1. The van der Waals surface area contributed by atoms with E-state index in [1.807, 2.05) is 24.3 Å². The van der Waals surface area contributed by atoms with Crippen LogP contribution in [0.25, 0.3) is 5.69 Å². The maximum Gasteiger partial charge on any atom is 0.226 e. The number of hydrogen-bond donors (Lipinski definition) is 2. The summed E-state index contributed by atoms with van der Waals surface area (Å²) in [7, 11) is 0. The summed E-state index contributed by atoms with van der Waals surface area (Å²) < 4.78 is 6.85. The van der Waals surface area contributed by atoms with Crippen LogP contribution in [0.3, 0.4) is 0 Å². The lowest BCUT2D eigenvalue weighted by Crippen LogP contribution is -2.43. The normalized spacial score (nSPS) is 18.4. The van der Waals surface area contributed by atoms with Gasteiger partial charge in [0.05, 0.1) is 24.6 Å². The van der Waals surface area contributed by atoms with Crippen molar-refractivity contribution in [2.45, 2.75) is 12.5 Å². The Balaban J connectivity index is 1.68. The van der Waals surface area contributed by atoms with Crippen molar-refractivity contribution in [3.63, 3.8) is 0 Å². The lowest BCUT2D eigenvalue weighted by Gasteiger charge is -2.23. The van der Waals surface area contributed by atoms with Crippen LogP contribution in [0.1, 0.15) is 6.42 Å². The van der Waals surface area contributed by atoms with E-state index in [-0.39, 0.29) is 11.9 Å². The number of morpholine rings is 1. The van der Waals surface area contributed by atoms with Crippen LogP contribution in [0.5, 0.6) is 0 Å². The third kappa shape index (κ3) is 3.41. The van der Waals surface area contributed by atoms with E-state index in [0.29, 0.717) is 25.3 Å². The minimum Gasteiger partial charge on any atom is -0.378 e. The Morgan fingerprint density at radius 1 is 1.48 bits per heavy atom. The summed E-state index contributed by atoms with van der Waals surface area (Å²) >= 11 is 0. The molecule has 0 radical (unpaired) electrons. The van der Waals surface area contributed by atoms with Crippen molar-refractivity contribution in [3.05, 3.63) is 30.6 Å². The molecule has 3 rings (SSSR count). The highest BCUT2D eigenvalue weighted by molar-refractivity contribution is 5.93. The first-order valence-electron chi connectivity index (χ1n) is 6.76. The van der Waals surface area contributed by atoms with Crippen LogP contribution < -0.4 is 10.6 Å². The van der Waals surface area contributed by atoms with Crippen LogP contribution in [0, 0.1) is 0 Å². The van der Waals surface area contributed by atoms with Crippen LogP contribution in [0.4, 0.5) is 5.69 Å². The van der Waals surface area contributed by atoms with Crippen LogP contribution in [-0.4, -0.2) is 51.9 Å². The molecule has 8 heteroatoms. The summed E-state index contributed by atoms with van der Waals surface area (Å²) in [5, 5.41) is 17.2. The largest absolute Gasteiger partial charge is 0.378 e. The van der Waals surface area contributed by atoms with Gasteiger partial charge < -0.3 is 15.4 Å². The quantitative estimate of drug-likeness (QED) is 0.821. The molecule has 1 aromatic carbocycles. The molecule has 0 bridgehead atoms. The van der Waals surface area contributed by atoms with Gasteiger partial charge in [-0.25, -0.2) is 0 Å². The second kappa shape index (κ2) is 6.42. The van der Waals surface area contributed by atoms with Gasteiger partial charge >= 0.3 is 0 Å². The number of amides is 1. The molecule has 2 N–H and O–H groups in total. The predicted molar refractivity (Wildman–Crippen MR) is 75.0 cm³/mol. The first-order chi connectivity index (χ1) is 10.3. The molecule has 2 heterocycles. The van der Waals surface area contributed by atoms with Gasteiger partial charge in [-0.05, 0) is 22.6 Å². The maximum absolute atomic E-state index is 12.1. The molecule has 0 aliphatic carbocycles. The van der Waals surface area contributed by atoms with E-state index in [2.05, 4.69) is 26.2 Å². The predicted octanol–water partition coefficient (Wildman–Crippen LogP) is -0.0207. The van der Waals surface area contributed by atoms with Crippen molar-refractivity contribution < 1.29 is 9.53 Å². The number of anilines is 1. The zero-order chi connectivity index (χ0) is 14.5. The van der Waals surface area contributed by atoms with Gasteiger partial charge in [0.15, 0.2) is 0 Å². The van der Waals surface area contributed by atoms with Crippen LogP contribution in [0.15, 0.2) is 30.6 Å². The minimum absolute atomic E-state index is 0.0546. The first-order valence-corrected chi connectivity index (χ1v) is 6.76. The molecule has 1 saturated heterocycles. The number of hydrogen-bond acceptors (Lipinski definition) is 6. The fourth-order valence-corrected chi connectivity index (χ4v) is 2.23. The van der Waals surface area contributed by atoms with Crippen molar-refractivity contribution in [1.29, 1.82) is 0 Å². The molecule has 8 nitrogen and oxygen atoms in total. The topological polar surface area (TPSA) is 94.0 Å². The molecule has 0 spiro atoms. The second-order valence-electron chi connectivity index (χ2n) is 4.75. The van der Waals surface area contributed by atoms with E-state index in [0.717, 1.165) is 12.2 Å². The molecule has 1 atom stereocenters. The fourth-order valence-electron chi connectivity index (χ4n) is 2.23. The number of para-hydroxylation sites is 2. The van der Waals surface area contributed by atoms with Gasteiger partial charge in [0.25, 0.3) is 0 Å². The van der Waals surface area contributed by atoms with E-state index in [4.69, 9.17) is 4.74 Å². The molecule has 1 fully saturated rings. The van der Waals surface area contributed by atoms with Gasteiger partial charge in [-0.3, -0.25) is 4.79 Å². The Morgan fingerprint density at radius 3 is 3.14 bits per heavy atom. The van der Waals surface area contributed by atoms with Crippen molar-refractivity contribution in [2.75, 3.05) is 25.1 Å². The number of ether oxygens (including phenoxy) is 1. The molecule has 2 aromatic rings. The summed E-state index contributed by atoms with van der Waals surface area (Å²) in [6.45, 7) is 2.03. The van der Waals surface area contributed by atoms with Gasteiger partial charge in [-0.2, -0.15) is 4.68 Å². The van der Waals surface area contributed by atoms with E-state index in [1.54, 1.807) is 0 Å². The lowest BCUT2D eigenvalue weighted by atomic mass is 10.2. The molecule has 1 aliphatic heterocycles. The molecule has 110 valence electrons. The standard InChI is InChI=1S/C13H16N6O2/c20-13(7-10-8-21-6-5-14-10)16-11-3-1-2-4-12(11)19-9-15-17-18-19/h1-4,9-10,14H,5-8H2,(H,16,20). The molecular weight excluding hydrogens is 272 g/mol. The molecule has 1 aromatic heterocycles. The Labute approximate surface area is 121 Å². The van der Waals surface area contributed by atoms with Gasteiger partial charge in [0.2, 0.25) is 5.91 Å². The van der Waals surface area contributed by atoms with Crippen LogP contribution >= 0.6 is 0 Å². The molecule has 1 aliphatic rings. The summed E-state index contributed by atoms with van der Waals surface area (Å²) in [5.74, 6) is -0.0708. The van der Waals surface area contributed by atoms with Gasteiger partial charge in [0, 0.05) is 19.0 Å². The highest BCUT2D eigenvalue weighted by atomic mass is 16.5. The average molecular weight is 288 g/mol. The number of aromatic nitrogens is 4. The van der Waals surface area contributed by atoms with E-state index < -0.39 is 0 Å². The van der Waals surface area contributed by atoms with Crippen molar-refractivity contribution in [2.24, 2.45) is 0 Å². The fraction of sp³-hybridized carbons (Fsp3) is 0.385. The number of nitrogens with zero attached hydrogens (tertiary/aromatic N) is 4. The summed E-state index contributed by atoms with van der Waals surface area (Å²) in [5.41, 5.74) is 1.40. The zero-order valence-corrected chi connectivity index (χ0v) is 11.4. The van der Waals surface area contributed by atoms with Gasteiger partial charge in [-0.1, -0.05) is 12.1 Å². The summed E-state index contributed by atoms with van der Waals surface area (Å²) in [6, 6.07) is 7.43. The van der Waals surface area contributed by atoms with Crippen molar-refractivity contribution in [3.8, 4) is 5.69 Å². The Kier molecular flexibility index (Phi) is 4.17. The van der Waals surface area contributed by atoms with E-state index in [9.17, 15) is 4.79 Å². The van der Waals surface area contributed by atoms with E-state index in [1.165, 1.54) is 11.0 Å². The third-order valence-corrected chi connectivity index (χ3v) is 3.20. The average Bonchev–Trinajstić information content (AvgIpc) is 3.03. The maximum atomic E-state index is 12.1. The first kappa shape index (κ1) is 13.7. The Bertz CT molecular complexity index is 594. The molecule has 0 saturated carbocycles. The molecule has 1 unspecified atom stereocenters. The molecular formula is C13H16N6O2. The van der Waals surface area contributed by atoms with E-state index >= 15 is 0 Å². The molecule has 21 heavy (non-hydrogen) atoms. The smallest absolute Gasteiger partial charge is 0.226 e. The third-order valence-electron chi connectivity index (χ3n) is 3.20. The summed E-state index contributed by atoms with van der Waals surface area (Å²) in [4.78, 5) is 12.1. The van der Waals surface area contributed by atoms with Crippen LogP contribution in [-0.2, 0) is 9.53 Å². The second-order valence-corrected chi connectivity index (χ2v) is 4.75. The number of carbonyl (C=O) groups excluding carboxylic acids is 1. The number of benzene rings is 1. The van der Waals surface area contributed by atoms with Gasteiger partial charge in [-0.15, -0.1) is 5.10 Å². The number of rotatable bonds is 4. The SMILES string of the molecule is O=C(CC1COCCN1)Nc1ccccc1-n1cnnn1. The minimum atomic E-state index is -0.0708. The highest BCUT2D eigenvalue weighted by Gasteiger charge is 2.17.